The Balaban J connectivity index is 1.39. The number of aryl methyl sites for hydroxylation is 2. The number of hydrogen-bond acceptors (Lipinski definition) is 2. The highest BCUT2D eigenvalue weighted by atomic mass is 19.4. The minimum atomic E-state index is -4.71. The van der Waals surface area contributed by atoms with Crippen molar-refractivity contribution in [2.75, 3.05) is 13.7 Å². The normalized spacial score (nSPS) is 18.9. The Hall–Kier alpha value is -2.60. The van der Waals surface area contributed by atoms with E-state index in [1.807, 2.05) is 18.2 Å². The summed E-state index contributed by atoms with van der Waals surface area (Å²) >= 11 is 0. The molecule has 1 aliphatic carbocycles. The maximum atomic E-state index is 15.2. The molecule has 6 heteroatoms. The van der Waals surface area contributed by atoms with Crippen molar-refractivity contribution in [2.45, 2.75) is 57.2 Å². The summed E-state index contributed by atoms with van der Waals surface area (Å²) in [5, 5.41) is 1.53. The van der Waals surface area contributed by atoms with Crippen molar-refractivity contribution in [3.05, 3.63) is 77.1 Å². The topological polar surface area (TPSA) is 18.5 Å². The standard InChI is InChI=1S/C28H30F4O2/c1-33-17-16-20-2-7-21(8-3-20)23-12-15-26-24(18-23)11-10-22(27(26)29)9-4-19-5-13-25(14-6-19)34-28(30,31)32/h5-6,10-15,18,20-21H,2-4,7-9,16-17H2,1H3. The lowest BCUT2D eigenvalue weighted by Gasteiger charge is -2.29. The van der Waals surface area contributed by atoms with Crippen LogP contribution in [0.25, 0.3) is 10.8 Å². The highest BCUT2D eigenvalue weighted by Gasteiger charge is 2.31. The van der Waals surface area contributed by atoms with Gasteiger partial charge >= 0.3 is 6.36 Å². The van der Waals surface area contributed by atoms with Crippen LogP contribution < -0.4 is 4.74 Å². The summed E-state index contributed by atoms with van der Waals surface area (Å²) in [5.74, 6) is 0.789. The largest absolute Gasteiger partial charge is 0.573 e. The van der Waals surface area contributed by atoms with Gasteiger partial charge in [-0.1, -0.05) is 42.5 Å². The number of rotatable bonds is 8. The van der Waals surface area contributed by atoms with Crippen molar-refractivity contribution in [3.63, 3.8) is 0 Å². The summed E-state index contributed by atoms with van der Waals surface area (Å²) in [7, 11) is 1.75. The number of ether oxygens (including phenoxy) is 2. The second-order valence-corrected chi connectivity index (χ2v) is 9.21. The van der Waals surface area contributed by atoms with Crippen LogP contribution in [0.5, 0.6) is 5.75 Å². The van der Waals surface area contributed by atoms with Gasteiger partial charge in [0, 0.05) is 19.1 Å². The minimum Gasteiger partial charge on any atom is -0.406 e. The Bertz CT molecular complexity index is 1080. The van der Waals surface area contributed by atoms with E-state index in [4.69, 9.17) is 4.74 Å². The molecule has 0 atom stereocenters. The fraction of sp³-hybridized carbons (Fsp3) is 0.429. The van der Waals surface area contributed by atoms with Gasteiger partial charge in [0.15, 0.2) is 0 Å². The lowest BCUT2D eigenvalue weighted by atomic mass is 9.77. The maximum absolute atomic E-state index is 15.2. The summed E-state index contributed by atoms with van der Waals surface area (Å²) in [5.41, 5.74) is 2.71. The zero-order valence-corrected chi connectivity index (χ0v) is 19.3. The van der Waals surface area contributed by atoms with Crippen LogP contribution >= 0.6 is 0 Å². The second kappa shape index (κ2) is 10.8. The summed E-state index contributed by atoms with van der Waals surface area (Å²) in [4.78, 5) is 0. The van der Waals surface area contributed by atoms with Crippen molar-refractivity contribution >= 4 is 10.8 Å². The van der Waals surface area contributed by atoms with Crippen LogP contribution in [0, 0.1) is 11.7 Å². The van der Waals surface area contributed by atoms with E-state index >= 15 is 4.39 Å². The molecule has 1 aliphatic rings. The van der Waals surface area contributed by atoms with Gasteiger partial charge in [0.1, 0.15) is 11.6 Å². The average molecular weight is 475 g/mol. The fourth-order valence-corrected chi connectivity index (χ4v) is 5.01. The van der Waals surface area contributed by atoms with Crippen LogP contribution in [-0.2, 0) is 17.6 Å². The third-order valence-electron chi connectivity index (χ3n) is 6.95. The molecule has 0 saturated heterocycles. The summed E-state index contributed by atoms with van der Waals surface area (Å²) in [6.45, 7) is 0.824. The van der Waals surface area contributed by atoms with Crippen LogP contribution in [0.2, 0.25) is 0 Å². The van der Waals surface area contributed by atoms with Crippen LogP contribution in [0.3, 0.4) is 0 Å². The van der Waals surface area contributed by atoms with E-state index in [-0.39, 0.29) is 11.6 Å². The molecule has 4 rings (SSSR count). The molecular weight excluding hydrogens is 444 g/mol. The van der Waals surface area contributed by atoms with Crippen LogP contribution in [0.1, 0.15) is 54.7 Å². The third kappa shape index (κ3) is 6.29. The molecule has 0 amide bonds. The summed E-state index contributed by atoms with van der Waals surface area (Å²) in [6, 6.07) is 15.6. The van der Waals surface area contributed by atoms with E-state index in [1.165, 1.54) is 30.5 Å². The SMILES string of the molecule is COCCC1CCC(c2ccc3c(F)c(CCc4ccc(OC(F)(F)F)cc4)ccc3c2)CC1. The number of benzene rings is 3. The predicted molar refractivity (Wildman–Crippen MR) is 126 cm³/mol. The zero-order valence-electron chi connectivity index (χ0n) is 19.3. The molecule has 3 aromatic carbocycles. The van der Waals surface area contributed by atoms with E-state index in [2.05, 4.69) is 16.9 Å². The Morgan fingerprint density at radius 3 is 2.29 bits per heavy atom. The Morgan fingerprint density at radius 1 is 0.882 bits per heavy atom. The highest BCUT2D eigenvalue weighted by molar-refractivity contribution is 5.84. The average Bonchev–Trinajstić information content (AvgIpc) is 2.82. The smallest absolute Gasteiger partial charge is 0.406 e. The number of halogens is 4. The molecule has 0 aromatic heterocycles. The minimum absolute atomic E-state index is 0.218. The molecule has 182 valence electrons. The lowest BCUT2D eigenvalue weighted by Crippen LogP contribution is -2.17. The number of alkyl halides is 3. The van der Waals surface area contributed by atoms with Crippen molar-refractivity contribution in [1.82, 2.24) is 0 Å². The van der Waals surface area contributed by atoms with E-state index in [9.17, 15) is 13.2 Å². The Kier molecular flexibility index (Phi) is 7.77. The number of methoxy groups -OCH3 is 1. The quantitative estimate of drug-likeness (QED) is 0.308. The molecule has 0 radical (unpaired) electrons. The number of fused-ring (bicyclic) bond motifs is 1. The molecular formula is C28H30F4O2. The van der Waals surface area contributed by atoms with Gasteiger partial charge in [-0.05, 0) is 91.0 Å². The second-order valence-electron chi connectivity index (χ2n) is 9.21. The molecule has 0 heterocycles. The molecule has 1 fully saturated rings. The summed E-state index contributed by atoms with van der Waals surface area (Å²) < 4.78 is 61.2. The predicted octanol–water partition coefficient (Wildman–Crippen LogP) is 7.97. The van der Waals surface area contributed by atoms with E-state index in [0.29, 0.717) is 29.7 Å². The van der Waals surface area contributed by atoms with Gasteiger partial charge in [0.05, 0.1) is 0 Å². The van der Waals surface area contributed by atoms with Gasteiger partial charge in [-0.2, -0.15) is 0 Å². The van der Waals surface area contributed by atoms with Crippen LogP contribution in [0.4, 0.5) is 17.6 Å². The first-order chi connectivity index (χ1) is 16.3. The van der Waals surface area contributed by atoms with Crippen molar-refractivity contribution in [1.29, 1.82) is 0 Å². The Morgan fingerprint density at radius 2 is 1.62 bits per heavy atom. The lowest BCUT2D eigenvalue weighted by molar-refractivity contribution is -0.274. The molecule has 0 spiro atoms. The molecule has 34 heavy (non-hydrogen) atoms. The maximum Gasteiger partial charge on any atom is 0.573 e. The molecule has 0 aliphatic heterocycles. The monoisotopic (exact) mass is 474 g/mol. The van der Waals surface area contributed by atoms with Gasteiger partial charge in [-0.15, -0.1) is 13.2 Å². The van der Waals surface area contributed by atoms with E-state index in [1.54, 1.807) is 19.2 Å². The molecule has 0 unspecified atom stereocenters. The van der Waals surface area contributed by atoms with Crippen molar-refractivity contribution < 1.29 is 27.0 Å². The van der Waals surface area contributed by atoms with Gasteiger partial charge < -0.3 is 9.47 Å². The fourth-order valence-electron chi connectivity index (χ4n) is 5.01. The van der Waals surface area contributed by atoms with Crippen molar-refractivity contribution in [3.8, 4) is 5.75 Å². The zero-order chi connectivity index (χ0) is 24.1. The van der Waals surface area contributed by atoms with Crippen molar-refractivity contribution in [2.24, 2.45) is 5.92 Å². The van der Waals surface area contributed by atoms with Crippen LogP contribution in [-0.4, -0.2) is 20.1 Å². The Labute approximate surface area is 197 Å². The first-order valence-corrected chi connectivity index (χ1v) is 11.9. The molecule has 3 aromatic rings. The first kappa shape index (κ1) is 24.5. The molecule has 0 bridgehead atoms. The van der Waals surface area contributed by atoms with Gasteiger partial charge in [-0.3, -0.25) is 0 Å². The molecule has 0 N–H and O–H groups in total. The van der Waals surface area contributed by atoms with E-state index in [0.717, 1.165) is 42.7 Å². The van der Waals surface area contributed by atoms with Gasteiger partial charge in [-0.25, -0.2) is 4.39 Å². The van der Waals surface area contributed by atoms with Gasteiger partial charge in [0.25, 0.3) is 0 Å². The number of hydrogen-bond donors (Lipinski definition) is 0. The van der Waals surface area contributed by atoms with Gasteiger partial charge in [0.2, 0.25) is 0 Å². The van der Waals surface area contributed by atoms with Crippen LogP contribution in [0.15, 0.2) is 54.6 Å². The molecule has 1 saturated carbocycles. The molecule has 2 nitrogen and oxygen atoms in total. The van der Waals surface area contributed by atoms with E-state index < -0.39 is 6.36 Å². The summed E-state index contributed by atoms with van der Waals surface area (Å²) in [6.07, 6.45) is 2.15. The third-order valence-corrected chi connectivity index (χ3v) is 6.95. The highest BCUT2D eigenvalue weighted by Crippen LogP contribution is 2.38. The first-order valence-electron chi connectivity index (χ1n) is 11.9.